The molecule has 1 aliphatic rings. The van der Waals surface area contributed by atoms with Gasteiger partial charge in [-0.1, -0.05) is 0 Å². The highest BCUT2D eigenvalue weighted by atomic mass is 32.2. The minimum absolute atomic E-state index is 0.0149. The van der Waals surface area contributed by atoms with E-state index in [2.05, 4.69) is 9.97 Å². The van der Waals surface area contributed by atoms with Crippen molar-refractivity contribution in [2.24, 2.45) is 0 Å². The second kappa shape index (κ2) is 5.09. The molecule has 0 fully saturated rings. The Balaban J connectivity index is 1.98. The molecule has 1 N–H and O–H groups in total. The van der Waals surface area contributed by atoms with Crippen LogP contribution in [0.15, 0.2) is 29.1 Å². The van der Waals surface area contributed by atoms with Crippen LogP contribution in [0.25, 0.3) is 11.4 Å². The Morgan fingerprint density at radius 3 is 2.84 bits per heavy atom. The normalized spacial score (nSPS) is 13.3. The summed E-state index contributed by atoms with van der Waals surface area (Å²) in [6.45, 7) is 2.59. The molecule has 0 spiro atoms. The van der Waals surface area contributed by atoms with Crippen LogP contribution in [-0.4, -0.2) is 16.6 Å². The van der Waals surface area contributed by atoms with Crippen molar-refractivity contribution in [2.45, 2.75) is 18.4 Å². The van der Waals surface area contributed by atoms with E-state index in [0.29, 0.717) is 12.4 Å². The van der Waals surface area contributed by atoms with Crippen LogP contribution in [0.5, 0.6) is 5.75 Å². The number of thioether (sulfide) groups is 1. The summed E-state index contributed by atoms with van der Waals surface area (Å²) < 4.78 is 5.40. The molecule has 1 aromatic carbocycles. The largest absolute Gasteiger partial charge is 0.494 e. The number of nitrogens with zero attached hydrogens (tertiary/aromatic N) is 1. The first-order chi connectivity index (χ1) is 9.28. The summed E-state index contributed by atoms with van der Waals surface area (Å²) in [5.41, 5.74) is 2.62. The number of hydrogen-bond acceptors (Lipinski definition) is 4. The minimum atomic E-state index is -0.0149. The summed E-state index contributed by atoms with van der Waals surface area (Å²) in [5.74, 6) is 3.05. The topological polar surface area (TPSA) is 55.0 Å². The third kappa shape index (κ3) is 2.38. The molecule has 0 aliphatic carbocycles. The molecule has 2 aromatic rings. The van der Waals surface area contributed by atoms with Gasteiger partial charge in [0, 0.05) is 22.6 Å². The van der Waals surface area contributed by atoms with Crippen LogP contribution < -0.4 is 10.3 Å². The van der Waals surface area contributed by atoms with Gasteiger partial charge in [0.25, 0.3) is 5.56 Å². The Bertz CT molecular complexity index is 649. The lowest BCUT2D eigenvalue weighted by Crippen LogP contribution is -2.15. The van der Waals surface area contributed by atoms with Gasteiger partial charge in [-0.15, -0.1) is 0 Å². The molecular formula is C14H14N2O2S. The SMILES string of the molecule is CCOc1ccc(-c2nc3c(c(=O)[nH]2)CSC3)cc1. The van der Waals surface area contributed by atoms with Crippen LogP contribution in [-0.2, 0) is 11.5 Å². The summed E-state index contributed by atoms with van der Waals surface area (Å²) in [5, 5.41) is 0. The Morgan fingerprint density at radius 2 is 2.11 bits per heavy atom. The van der Waals surface area contributed by atoms with Crippen LogP contribution >= 0.6 is 11.8 Å². The first kappa shape index (κ1) is 12.3. The number of hydrogen-bond donors (Lipinski definition) is 1. The third-order valence-electron chi connectivity index (χ3n) is 3.03. The van der Waals surface area contributed by atoms with Gasteiger partial charge in [-0.3, -0.25) is 4.79 Å². The van der Waals surface area contributed by atoms with Crippen molar-refractivity contribution in [3.05, 3.63) is 45.9 Å². The Morgan fingerprint density at radius 1 is 1.32 bits per heavy atom. The van der Waals surface area contributed by atoms with Crippen molar-refractivity contribution < 1.29 is 4.74 Å². The second-order valence-corrected chi connectivity index (χ2v) is 5.28. The van der Waals surface area contributed by atoms with E-state index < -0.39 is 0 Å². The van der Waals surface area contributed by atoms with Gasteiger partial charge in [0.1, 0.15) is 11.6 Å². The van der Waals surface area contributed by atoms with E-state index in [-0.39, 0.29) is 5.56 Å². The van der Waals surface area contributed by atoms with Crippen molar-refractivity contribution in [3.63, 3.8) is 0 Å². The number of benzene rings is 1. The van der Waals surface area contributed by atoms with E-state index in [1.165, 1.54) is 0 Å². The van der Waals surface area contributed by atoms with Crippen molar-refractivity contribution in [3.8, 4) is 17.1 Å². The van der Waals surface area contributed by atoms with Gasteiger partial charge in [0.15, 0.2) is 0 Å². The van der Waals surface area contributed by atoms with E-state index in [0.717, 1.165) is 34.1 Å². The molecule has 0 unspecified atom stereocenters. The molecule has 19 heavy (non-hydrogen) atoms. The molecule has 3 rings (SSSR count). The monoisotopic (exact) mass is 274 g/mol. The van der Waals surface area contributed by atoms with Crippen LogP contribution in [0.2, 0.25) is 0 Å². The Kier molecular flexibility index (Phi) is 3.29. The zero-order valence-electron chi connectivity index (χ0n) is 10.6. The highest BCUT2D eigenvalue weighted by Gasteiger charge is 2.17. The first-order valence-corrected chi connectivity index (χ1v) is 7.36. The Hall–Kier alpha value is -1.75. The minimum Gasteiger partial charge on any atom is -0.494 e. The van der Waals surface area contributed by atoms with E-state index in [4.69, 9.17) is 4.74 Å². The molecule has 98 valence electrons. The lowest BCUT2D eigenvalue weighted by Gasteiger charge is -2.06. The highest BCUT2D eigenvalue weighted by molar-refractivity contribution is 7.98. The van der Waals surface area contributed by atoms with Crippen molar-refractivity contribution in [1.29, 1.82) is 0 Å². The van der Waals surface area contributed by atoms with Crippen molar-refractivity contribution >= 4 is 11.8 Å². The lowest BCUT2D eigenvalue weighted by molar-refractivity contribution is 0.340. The number of fused-ring (bicyclic) bond motifs is 1. The van der Waals surface area contributed by atoms with Crippen molar-refractivity contribution in [1.82, 2.24) is 9.97 Å². The second-order valence-electron chi connectivity index (χ2n) is 4.29. The van der Waals surface area contributed by atoms with Crippen LogP contribution in [0.4, 0.5) is 0 Å². The van der Waals surface area contributed by atoms with E-state index in [9.17, 15) is 4.79 Å². The van der Waals surface area contributed by atoms with Gasteiger partial charge in [0.2, 0.25) is 0 Å². The van der Waals surface area contributed by atoms with Crippen LogP contribution in [0.3, 0.4) is 0 Å². The van der Waals surface area contributed by atoms with Gasteiger partial charge >= 0.3 is 0 Å². The summed E-state index contributed by atoms with van der Waals surface area (Å²) in [4.78, 5) is 19.3. The summed E-state index contributed by atoms with van der Waals surface area (Å²) >= 11 is 1.73. The van der Waals surface area contributed by atoms with Gasteiger partial charge in [-0.25, -0.2) is 4.98 Å². The number of H-pyrrole nitrogens is 1. The molecule has 5 heteroatoms. The van der Waals surface area contributed by atoms with Gasteiger partial charge < -0.3 is 9.72 Å². The summed E-state index contributed by atoms with van der Waals surface area (Å²) in [6.07, 6.45) is 0. The van der Waals surface area contributed by atoms with Gasteiger partial charge in [0.05, 0.1) is 12.3 Å². The lowest BCUT2D eigenvalue weighted by atomic mass is 10.2. The van der Waals surface area contributed by atoms with E-state index in [1.807, 2.05) is 31.2 Å². The maximum atomic E-state index is 11.9. The average molecular weight is 274 g/mol. The fourth-order valence-electron chi connectivity index (χ4n) is 2.07. The fourth-order valence-corrected chi connectivity index (χ4v) is 3.11. The molecule has 0 bridgehead atoms. The van der Waals surface area contributed by atoms with Crippen molar-refractivity contribution in [2.75, 3.05) is 6.61 Å². The quantitative estimate of drug-likeness (QED) is 0.934. The maximum absolute atomic E-state index is 11.9. The zero-order valence-corrected chi connectivity index (χ0v) is 11.4. The predicted octanol–water partition coefficient (Wildman–Crippen LogP) is 2.58. The van der Waals surface area contributed by atoms with E-state index in [1.54, 1.807) is 11.8 Å². The van der Waals surface area contributed by atoms with Gasteiger partial charge in [-0.2, -0.15) is 11.8 Å². The number of nitrogens with one attached hydrogen (secondary N) is 1. The molecule has 0 saturated heterocycles. The zero-order chi connectivity index (χ0) is 13.2. The number of ether oxygens (including phenoxy) is 1. The predicted molar refractivity (Wildman–Crippen MR) is 76.5 cm³/mol. The molecule has 1 aromatic heterocycles. The smallest absolute Gasteiger partial charge is 0.255 e. The average Bonchev–Trinajstić information content (AvgIpc) is 2.89. The first-order valence-electron chi connectivity index (χ1n) is 6.21. The molecule has 0 amide bonds. The number of aromatic amines is 1. The number of rotatable bonds is 3. The van der Waals surface area contributed by atoms with Gasteiger partial charge in [-0.05, 0) is 31.2 Å². The molecule has 0 saturated carbocycles. The number of aromatic nitrogens is 2. The fraction of sp³-hybridized carbons (Fsp3) is 0.286. The van der Waals surface area contributed by atoms with E-state index >= 15 is 0 Å². The molecule has 0 atom stereocenters. The molecule has 2 heterocycles. The molecule has 4 nitrogen and oxygen atoms in total. The van der Waals surface area contributed by atoms with Crippen LogP contribution in [0, 0.1) is 0 Å². The summed E-state index contributed by atoms with van der Waals surface area (Å²) in [7, 11) is 0. The summed E-state index contributed by atoms with van der Waals surface area (Å²) in [6, 6.07) is 7.61. The molecular weight excluding hydrogens is 260 g/mol. The van der Waals surface area contributed by atoms with Crippen LogP contribution in [0.1, 0.15) is 18.2 Å². The maximum Gasteiger partial charge on any atom is 0.255 e. The molecule has 0 radical (unpaired) electrons. The Labute approximate surface area is 115 Å². The molecule has 1 aliphatic heterocycles. The highest BCUT2D eigenvalue weighted by Crippen LogP contribution is 2.27. The third-order valence-corrected chi connectivity index (χ3v) is 4.00. The standard InChI is InChI=1S/C14H14N2O2S/c1-2-18-10-5-3-9(4-6-10)13-15-12-8-19-7-11(12)14(17)16-13/h3-6H,2,7-8H2,1H3,(H,15,16,17).